The minimum Gasteiger partial charge on any atom is -0.369 e. The lowest BCUT2D eigenvalue weighted by Gasteiger charge is -2.27. The third kappa shape index (κ3) is 11.9. The first kappa shape index (κ1) is 63.3. The maximum atomic E-state index is 16.0. The lowest BCUT2D eigenvalue weighted by molar-refractivity contribution is -0.0617. The maximum absolute atomic E-state index is 16.0. The molecule has 0 aromatic carbocycles. The molecule has 51 heteroatoms. The van der Waals surface area contributed by atoms with Crippen LogP contribution in [0.2, 0.25) is 0 Å². The van der Waals surface area contributed by atoms with E-state index >= 15 is 17.6 Å². The van der Waals surface area contributed by atoms with E-state index in [1.807, 2.05) is 0 Å². The highest BCUT2D eigenvalue weighted by atomic mass is 32.7. The summed E-state index contributed by atoms with van der Waals surface area (Å²) in [4.78, 5) is 119. The van der Waals surface area contributed by atoms with E-state index in [1.54, 1.807) is 0 Å². The van der Waals surface area contributed by atoms with Crippen molar-refractivity contribution in [3.8, 4) is 0 Å². The summed E-state index contributed by atoms with van der Waals surface area (Å²) in [5.74, 6) is -0.541. The van der Waals surface area contributed by atoms with Crippen molar-refractivity contribution in [1.82, 2.24) is 83.5 Å². The van der Waals surface area contributed by atoms with Gasteiger partial charge in [0.25, 0.3) is 22.2 Å². The number of anilines is 2. The first-order chi connectivity index (χ1) is 42.6. The van der Waals surface area contributed by atoms with Crippen LogP contribution < -0.4 is 33.7 Å². The van der Waals surface area contributed by atoms with Gasteiger partial charge in [0.1, 0.15) is 48.8 Å². The fraction of sp³-hybridized carbons (Fsp3) is 0.513. The minimum absolute atomic E-state index is 0.0250. The molecular weight excluding hydrogens is 1380 g/mol. The molecule has 484 valence electrons. The molecule has 0 radical (unpaired) electrons. The number of ether oxygens (including phenoxy) is 4. The topological polar surface area (TPSA) is 508 Å². The normalized spacial score (nSPS) is 37.7. The summed E-state index contributed by atoms with van der Waals surface area (Å²) in [6.07, 6.45) is -21.8. The van der Waals surface area contributed by atoms with Gasteiger partial charge in [0.15, 0.2) is 94.3 Å². The number of nitrogens with two attached hydrogens (primary N) is 2. The molecule has 20 atom stereocenters. The summed E-state index contributed by atoms with van der Waals surface area (Å²) in [7, 11) is 0. The summed E-state index contributed by atoms with van der Waals surface area (Å²) in [6, 6.07) is 0. The highest BCUT2D eigenvalue weighted by Gasteiger charge is 2.57. The lowest BCUT2D eigenvalue weighted by atomic mass is 10.1. The van der Waals surface area contributed by atoms with E-state index < -0.39 is 174 Å². The second kappa shape index (κ2) is 23.9. The molecular formula is C39H41F4N19O20P4S4. The van der Waals surface area contributed by atoms with Crippen molar-refractivity contribution >= 4 is 131 Å². The average Bonchev–Trinajstić information content (AvgIpc) is 1.81. The van der Waals surface area contributed by atoms with Gasteiger partial charge in [0.2, 0.25) is 11.9 Å². The fourth-order valence-corrected chi connectivity index (χ4v) is 16.1. The van der Waals surface area contributed by atoms with Crippen molar-refractivity contribution < 1.29 is 91.9 Å². The van der Waals surface area contributed by atoms with Crippen LogP contribution in [-0.2, 0) is 95.1 Å². The Morgan fingerprint density at radius 2 is 0.911 bits per heavy atom. The monoisotopic (exact) mass is 1420 g/mol. The van der Waals surface area contributed by atoms with Crippen molar-refractivity contribution in [2.24, 2.45) is 0 Å². The number of imidazole rings is 3. The molecule has 6 aliphatic heterocycles. The van der Waals surface area contributed by atoms with Gasteiger partial charge in [0.05, 0.1) is 58.1 Å². The zero-order valence-corrected chi connectivity index (χ0v) is 51.1. The van der Waals surface area contributed by atoms with E-state index in [2.05, 4.69) is 77.4 Å². The molecule has 6 saturated heterocycles. The number of halogens is 4. The highest BCUT2D eigenvalue weighted by Crippen LogP contribution is 2.60. The van der Waals surface area contributed by atoms with Gasteiger partial charge in [-0.05, 0) is 35.4 Å². The maximum Gasteiger partial charge on any atom is 0.386 e. The van der Waals surface area contributed by atoms with E-state index in [4.69, 9.17) is 102 Å². The summed E-state index contributed by atoms with van der Waals surface area (Å²) in [6.45, 7) is -20.5. The van der Waals surface area contributed by atoms with E-state index in [9.17, 15) is 38.4 Å². The molecule has 14 heterocycles. The van der Waals surface area contributed by atoms with Crippen LogP contribution in [0.3, 0.4) is 0 Å². The molecule has 6 fully saturated rings. The predicted molar refractivity (Wildman–Crippen MR) is 304 cm³/mol. The van der Waals surface area contributed by atoms with Crippen molar-refractivity contribution in [3.63, 3.8) is 0 Å². The molecule has 0 amide bonds. The number of nitrogens with one attached hydrogen (secondary N) is 4. The van der Waals surface area contributed by atoms with Crippen molar-refractivity contribution in [2.45, 2.75) is 98.4 Å². The van der Waals surface area contributed by atoms with Gasteiger partial charge >= 0.3 is 27.0 Å². The molecule has 14 rings (SSSR count). The van der Waals surface area contributed by atoms with E-state index in [0.717, 1.165) is 50.0 Å². The third-order valence-electron chi connectivity index (χ3n) is 14.3. The van der Waals surface area contributed by atoms with Crippen LogP contribution in [0.4, 0.5) is 29.5 Å². The number of rotatable bonds is 4. The van der Waals surface area contributed by atoms with Crippen LogP contribution in [0.5, 0.6) is 0 Å². The Morgan fingerprint density at radius 1 is 0.511 bits per heavy atom. The quantitative estimate of drug-likeness (QED) is 0.0593. The summed E-state index contributed by atoms with van der Waals surface area (Å²) >= 11 is 19.3. The Hall–Kier alpha value is -5.42. The van der Waals surface area contributed by atoms with Gasteiger partial charge in [-0.2, -0.15) is 14.6 Å². The lowest BCUT2D eigenvalue weighted by Crippen LogP contribution is -2.34. The van der Waals surface area contributed by atoms with E-state index in [0.29, 0.717) is 0 Å². The summed E-state index contributed by atoms with van der Waals surface area (Å²) in [5, 5.41) is 7.46. The smallest absolute Gasteiger partial charge is 0.369 e. The first-order valence-corrected chi connectivity index (χ1v) is 36.0. The molecule has 0 spiro atoms. The molecule has 8 aromatic rings. The Bertz CT molecular complexity index is 4310. The molecule has 90 heavy (non-hydrogen) atoms. The first-order valence-electron chi connectivity index (χ1n) is 25.6. The highest BCUT2D eigenvalue weighted by molar-refractivity contribution is 8.44. The number of H-pyrrole nitrogens is 4. The molecule has 0 saturated carbocycles. The molecule has 11 N–H and O–H groups in total. The molecule has 8 aromatic heterocycles. The number of thiol groups is 1. The van der Waals surface area contributed by atoms with Crippen LogP contribution in [0.25, 0.3) is 44.7 Å². The Morgan fingerprint density at radius 3 is 1.43 bits per heavy atom. The Balaban J connectivity index is 0.000000165. The SMILES string of the molecule is Nc1nc2c(ncn2[C@@H]2O[C@@H]3COP(O)(=S)O[C@H]4[C@H](F)[C@H](n5cnc6c(=O)[nH]cnc65)O[C@@H]4COP(=O)(S)O[C@@H]2[C@H]3F)c(=O)[nH]1.Nc1nc2c(ncn2[C@@H]2O[C@@H]3COP(O)(=S)O[C@H]4[C@H](F)[C@H](n5nnc6c(=O)[nH]cnc65)O[C@@H]4COP(O)(=S)O[C@@H]2[C@H]3F)c(=O)[nH]1. The van der Waals surface area contributed by atoms with Gasteiger partial charge in [-0.25, -0.2) is 47.0 Å². The van der Waals surface area contributed by atoms with Crippen LogP contribution in [0.1, 0.15) is 24.9 Å². The summed E-state index contributed by atoms with van der Waals surface area (Å²) < 4.78 is 148. The van der Waals surface area contributed by atoms with Crippen LogP contribution in [0.15, 0.2) is 50.8 Å². The minimum atomic E-state index is -4.51. The second-order valence-corrected chi connectivity index (χ2v) is 31.2. The van der Waals surface area contributed by atoms with Crippen LogP contribution in [-0.4, -0.2) is 198 Å². The van der Waals surface area contributed by atoms with Gasteiger partial charge in [-0.3, -0.25) is 65.5 Å². The number of hydrogen-bond acceptors (Lipinski definition) is 31. The van der Waals surface area contributed by atoms with Gasteiger partial charge < -0.3 is 68.6 Å². The number of nitrogen functional groups attached to an aromatic ring is 2. The molecule has 6 aliphatic rings. The Labute approximate surface area is 513 Å². The molecule has 4 unspecified atom stereocenters. The van der Waals surface area contributed by atoms with Crippen LogP contribution >= 0.6 is 39.2 Å². The van der Waals surface area contributed by atoms with Crippen molar-refractivity contribution in [2.75, 3.05) is 37.9 Å². The molecule has 0 aliphatic carbocycles. The molecule has 4 bridgehead atoms. The fourth-order valence-electron chi connectivity index (χ4n) is 10.3. The van der Waals surface area contributed by atoms with Gasteiger partial charge in [0, 0.05) is 0 Å². The zero-order valence-electron chi connectivity index (χ0n) is 44.2. The third-order valence-corrected chi connectivity index (χ3v) is 20.6. The van der Waals surface area contributed by atoms with Crippen LogP contribution in [0, 0.1) is 0 Å². The van der Waals surface area contributed by atoms with Gasteiger partial charge in [-0.1, -0.05) is 17.5 Å². The van der Waals surface area contributed by atoms with E-state index in [-0.39, 0.29) is 56.6 Å². The summed E-state index contributed by atoms with van der Waals surface area (Å²) in [5.41, 5.74) is 7.73. The predicted octanol–water partition coefficient (Wildman–Crippen LogP) is -0.670. The number of nitrogens with zero attached hydrogens (tertiary/aromatic N) is 13. The number of fused-ring (bicyclic) bond motifs is 10. The average molecular weight is 1420 g/mol. The van der Waals surface area contributed by atoms with E-state index in [1.165, 1.54) is 0 Å². The molecule has 39 nitrogen and oxygen atoms in total. The second-order valence-electron chi connectivity index (χ2n) is 19.9. The number of aromatic amines is 4. The number of hydrogen-bond donors (Lipinski definition) is 10. The zero-order chi connectivity index (χ0) is 63.7. The van der Waals surface area contributed by atoms with Crippen molar-refractivity contribution in [1.29, 1.82) is 0 Å². The van der Waals surface area contributed by atoms with Gasteiger partial charge in [-0.15, -0.1) is 5.10 Å². The number of alkyl halides is 4. The Kier molecular flexibility index (Phi) is 16.8. The largest absolute Gasteiger partial charge is 0.386 e. The standard InChI is InChI=1S/C20H21F2N9O10P2S2.C19H20F2N10O10P2S2/c21-8-6-1-36-42(34,44)40-12-7(39-18(9(12)22)30-4-26-10-14(30)24-3-25-16(10)32)2-37-43(35,45)41-13(8)19(38-6)31-5-27-11-15(31)28-20(23)29-17(11)33;20-7-5-1-36-42(34,44)40-11-6(39-17(8(11)21)31-13-10(28-29-31)15(32)24-3-23-13)2-37-43(35,45)41-12(7)18(38-5)30-4-25-9-14(30)26-19(22)27-16(9)33/h3-9,12-13,18-19H,1-2H2,(H,34,44)(H,35,45)(H,24,25,32)(H3,23,28,29,33);3-8,11-12,17-18H,1-2H2,(H,34,44)(H,35,45)(H,23,24,32)(H3,22,26,27,33)/t6-,7-,8+,9+,12-,13-,18-,19-,42?,43?;5-,6-,7+,8+,11-,12-,17-,18-,42?,43?/m11/s1. The van der Waals surface area contributed by atoms with Crippen molar-refractivity contribution in [3.05, 3.63) is 73.1 Å². The number of aromatic nitrogens is 17.